The van der Waals surface area contributed by atoms with E-state index in [4.69, 9.17) is 9.72 Å². The normalized spacial score (nSPS) is 17.3. The van der Waals surface area contributed by atoms with Gasteiger partial charge in [0.1, 0.15) is 17.7 Å². The minimum Gasteiger partial charge on any atom is -0.369 e. The number of hydrogen-bond acceptors (Lipinski definition) is 5. The van der Waals surface area contributed by atoms with Crippen LogP contribution in [0.5, 0.6) is 0 Å². The number of para-hydroxylation sites is 2. The van der Waals surface area contributed by atoms with E-state index in [9.17, 15) is 4.39 Å². The smallest absolute Gasteiger partial charge is 0.132 e. The third-order valence-electron chi connectivity index (χ3n) is 5.70. The van der Waals surface area contributed by atoms with Crippen LogP contribution >= 0.6 is 0 Å². The van der Waals surface area contributed by atoms with E-state index in [1.807, 2.05) is 12.1 Å². The van der Waals surface area contributed by atoms with E-state index in [1.165, 1.54) is 6.07 Å². The van der Waals surface area contributed by atoms with E-state index in [0.29, 0.717) is 24.4 Å². The summed E-state index contributed by atoms with van der Waals surface area (Å²) in [5.74, 6) is 0.745. The first kappa shape index (κ1) is 19.8. The van der Waals surface area contributed by atoms with Crippen molar-refractivity contribution in [1.82, 2.24) is 24.4 Å². The summed E-state index contributed by atoms with van der Waals surface area (Å²) in [5.41, 5.74) is 3.86. The molecule has 0 radical (unpaired) electrons. The molecular weight excluding hydrogens is 393 g/mol. The Labute approximate surface area is 180 Å². The standard InChI is InChI=1S/C24H24FN5O/c1-2-30-22-10-6-5-9-19(22)28-24(30)16-29-11-12-31-23(15-29)21-14-26-13-20(27-21)17-7-3-4-8-18(17)25/h3-10,13-14,23H,2,11-12,15-16H2,1H3/t23-/m0/s1. The molecule has 5 rings (SSSR count). The van der Waals surface area contributed by atoms with Gasteiger partial charge >= 0.3 is 0 Å². The number of nitrogens with zero attached hydrogens (tertiary/aromatic N) is 5. The molecule has 0 N–H and O–H groups in total. The van der Waals surface area contributed by atoms with Gasteiger partial charge in [-0.15, -0.1) is 0 Å². The maximum absolute atomic E-state index is 14.2. The molecule has 0 spiro atoms. The maximum Gasteiger partial charge on any atom is 0.132 e. The van der Waals surface area contributed by atoms with Gasteiger partial charge in [0.25, 0.3) is 0 Å². The van der Waals surface area contributed by atoms with Crippen molar-refractivity contribution >= 4 is 11.0 Å². The van der Waals surface area contributed by atoms with Crippen molar-refractivity contribution < 1.29 is 9.13 Å². The quantitative estimate of drug-likeness (QED) is 0.487. The summed E-state index contributed by atoms with van der Waals surface area (Å²) < 4.78 is 22.5. The van der Waals surface area contributed by atoms with Crippen molar-refractivity contribution in [1.29, 1.82) is 0 Å². The second-order valence-electron chi connectivity index (χ2n) is 7.66. The zero-order valence-corrected chi connectivity index (χ0v) is 17.4. The first-order valence-electron chi connectivity index (χ1n) is 10.6. The summed E-state index contributed by atoms with van der Waals surface area (Å²) in [6.07, 6.45) is 3.08. The molecule has 1 saturated heterocycles. The minimum absolute atomic E-state index is 0.215. The van der Waals surface area contributed by atoms with Gasteiger partial charge in [-0.1, -0.05) is 24.3 Å². The highest BCUT2D eigenvalue weighted by atomic mass is 19.1. The number of aromatic nitrogens is 4. The number of fused-ring (bicyclic) bond motifs is 1. The largest absolute Gasteiger partial charge is 0.369 e. The average molecular weight is 417 g/mol. The molecule has 0 bridgehead atoms. The summed E-state index contributed by atoms with van der Waals surface area (Å²) in [5, 5.41) is 0. The van der Waals surface area contributed by atoms with Crippen molar-refractivity contribution in [2.75, 3.05) is 19.7 Å². The fraction of sp³-hybridized carbons (Fsp3) is 0.292. The SMILES string of the molecule is CCn1c(CN2CCO[C@H](c3cncc(-c4ccccc4F)n3)C2)nc2ccccc21. The number of aryl methyl sites for hydroxylation is 1. The Bertz CT molecular complexity index is 1210. The second-order valence-corrected chi connectivity index (χ2v) is 7.66. The summed E-state index contributed by atoms with van der Waals surface area (Å²) in [7, 11) is 0. The maximum atomic E-state index is 14.2. The van der Waals surface area contributed by atoms with Crippen molar-refractivity contribution in [2.24, 2.45) is 0 Å². The fourth-order valence-electron chi connectivity index (χ4n) is 4.16. The van der Waals surface area contributed by atoms with Gasteiger partial charge in [-0.2, -0.15) is 0 Å². The third kappa shape index (κ3) is 3.94. The number of ether oxygens (including phenoxy) is 1. The monoisotopic (exact) mass is 417 g/mol. The molecule has 0 saturated carbocycles. The van der Waals surface area contributed by atoms with Crippen LogP contribution in [0.15, 0.2) is 60.9 Å². The highest BCUT2D eigenvalue weighted by Crippen LogP contribution is 2.26. The summed E-state index contributed by atoms with van der Waals surface area (Å²) >= 11 is 0. The van der Waals surface area contributed by atoms with Crippen molar-refractivity contribution in [2.45, 2.75) is 26.1 Å². The Kier molecular flexibility index (Phi) is 5.44. The summed E-state index contributed by atoms with van der Waals surface area (Å²) in [4.78, 5) is 16.1. The van der Waals surface area contributed by atoms with Crippen molar-refractivity contribution in [3.63, 3.8) is 0 Å². The molecule has 3 heterocycles. The number of benzene rings is 2. The van der Waals surface area contributed by atoms with Crippen LogP contribution in [-0.4, -0.2) is 44.1 Å². The molecule has 0 unspecified atom stereocenters. The van der Waals surface area contributed by atoms with Gasteiger partial charge < -0.3 is 9.30 Å². The van der Waals surface area contributed by atoms with E-state index in [-0.39, 0.29) is 11.9 Å². The Morgan fingerprint density at radius 2 is 1.90 bits per heavy atom. The lowest BCUT2D eigenvalue weighted by Gasteiger charge is -2.32. The van der Waals surface area contributed by atoms with Gasteiger partial charge in [-0.25, -0.2) is 14.4 Å². The van der Waals surface area contributed by atoms with Crippen LogP contribution in [0.1, 0.15) is 24.5 Å². The van der Waals surface area contributed by atoms with Gasteiger partial charge in [-0.05, 0) is 31.2 Å². The van der Waals surface area contributed by atoms with Gasteiger partial charge in [0.15, 0.2) is 0 Å². The van der Waals surface area contributed by atoms with E-state index in [0.717, 1.165) is 42.2 Å². The van der Waals surface area contributed by atoms with Crippen LogP contribution in [0.3, 0.4) is 0 Å². The molecule has 1 aliphatic heterocycles. The molecule has 158 valence electrons. The van der Waals surface area contributed by atoms with E-state index in [2.05, 4.69) is 38.5 Å². The van der Waals surface area contributed by atoms with Gasteiger partial charge in [-0.3, -0.25) is 9.88 Å². The molecule has 1 aliphatic rings. The van der Waals surface area contributed by atoms with Gasteiger partial charge in [0.2, 0.25) is 0 Å². The zero-order chi connectivity index (χ0) is 21.2. The van der Waals surface area contributed by atoms with Crippen LogP contribution < -0.4 is 0 Å². The Hall–Kier alpha value is -3.16. The third-order valence-corrected chi connectivity index (χ3v) is 5.70. The molecule has 31 heavy (non-hydrogen) atoms. The predicted molar refractivity (Wildman–Crippen MR) is 117 cm³/mol. The van der Waals surface area contributed by atoms with Crippen molar-refractivity contribution in [3.05, 3.63) is 78.3 Å². The highest BCUT2D eigenvalue weighted by molar-refractivity contribution is 5.75. The summed E-state index contributed by atoms with van der Waals surface area (Å²) in [6.45, 7) is 5.86. The molecule has 7 heteroatoms. The average Bonchev–Trinajstić information content (AvgIpc) is 3.16. The predicted octanol–water partition coefficient (Wildman–Crippen LogP) is 4.23. The Morgan fingerprint density at radius 1 is 1.06 bits per heavy atom. The number of halogens is 1. The molecule has 2 aromatic carbocycles. The Morgan fingerprint density at radius 3 is 2.77 bits per heavy atom. The fourth-order valence-corrected chi connectivity index (χ4v) is 4.16. The van der Waals surface area contributed by atoms with Crippen LogP contribution in [0.2, 0.25) is 0 Å². The molecule has 6 nitrogen and oxygen atoms in total. The van der Waals surface area contributed by atoms with E-state index >= 15 is 0 Å². The lowest BCUT2D eigenvalue weighted by Crippen LogP contribution is -2.38. The van der Waals surface area contributed by atoms with Gasteiger partial charge in [0, 0.05) is 25.2 Å². The first-order valence-corrected chi connectivity index (χ1v) is 10.6. The van der Waals surface area contributed by atoms with Gasteiger partial charge in [0.05, 0.1) is 48.0 Å². The van der Waals surface area contributed by atoms with Crippen LogP contribution in [0.4, 0.5) is 4.39 Å². The molecule has 0 aliphatic carbocycles. The molecule has 1 fully saturated rings. The lowest BCUT2D eigenvalue weighted by molar-refractivity contribution is -0.0360. The number of rotatable bonds is 5. The summed E-state index contributed by atoms with van der Waals surface area (Å²) in [6, 6.07) is 14.8. The molecule has 2 aromatic heterocycles. The Balaban J connectivity index is 1.37. The number of morpholine rings is 1. The van der Waals surface area contributed by atoms with E-state index in [1.54, 1.807) is 30.6 Å². The zero-order valence-electron chi connectivity index (χ0n) is 17.4. The topological polar surface area (TPSA) is 56.1 Å². The van der Waals surface area contributed by atoms with Crippen LogP contribution in [-0.2, 0) is 17.8 Å². The highest BCUT2D eigenvalue weighted by Gasteiger charge is 2.25. The lowest BCUT2D eigenvalue weighted by atomic mass is 10.1. The molecule has 1 atom stereocenters. The molecular formula is C24H24FN5O. The molecule has 4 aromatic rings. The van der Waals surface area contributed by atoms with Crippen LogP contribution in [0, 0.1) is 5.82 Å². The first-order chi connectivity index (χ1) is 15.2. The minimum atomic E-state index is -0.307. The number of hydrogen-bond donors (Lipinski definition) is 0. The van der Waals surface area contributed by atoms with E-state index < -0.39 is 0 Å². The van der Waals surface area contributed by atoms with Crippen LogP contribution in [0.25, 0.3) is 22.3 Å². The molecule has 0 amide bonds. The number of imidazole rings is 1. The van der Waals surface area contributed by atoms with Crippen molar-refractivity contribution in [3.8, 4) is 11.3 Å². The second kappa shape index (κ2) is 8.53.